The number of nitrogens with one attached hydrogen (secondary N) is 2. The SMILES string of the molecule is FC(F)(F)c1cccc(NC(=S)NCc2ccc(N3CCOCC3)cc2)c1. The molecule has 27 heavy (non-hydrogen) atoms. The fourth-order valence-electron chi connectivity index (χ4n) is 2.78. The first-order chi connectivity index (χ1) is 12.9. The van der Waals surface area contributed by atoms with E-state index in [2.05, 4.69) is 15.5 Å². The van der Waals surface area contributed by atoms with Crippen LogP contribution in [0.25, 0.3) is 0 Å². The number of morpholine rings is 1. The Hall–Kier alpha value is -2.32. The molecule has 8 heteroatoms. The van der Waals surface area contributed by atoms with Crippen LogP contribution in [0.3, 0.4) is 0 Å². The predicted octanol–water partition coefficient (Wildman–Crippen LogP) is 4.03. The summed E-state index contributed by atoms with van der Waals surface area (Å²) in [6.07, 6.45) is -4.38. The first-order valence-corrected chi connectivity index (χ1v) is 8.96. The lowest BCUT2D eigenvalue weighted by atomic mass is 10.2. The van der Waals surface area contributed by atoms with Gasteiger partial charge in [0.2, 0.25) is 0 Å². The largest absolute Gasteiger partial charge is 0.416 e. The summed E-state index contributed by atoms with van der Waals surface area (Å²) < 4.78 is 43.6. The van der Waals surface area contributed by atoms with E-state index in [0.29, 0.717) is 12.2 Å². The smallest absolute Gasteiger partial charge is 0.378 e. The normalized spacial score (nSPS) is 14.7. The van der Waals surface area contributed by atoms with Gasteiger partial charge in [0.25, 0.3) is 0 Å². The number of hydrogen-bond donors (Lipinski definition) is 2. The first-order valence-electron chi connectivity index (χ1n) is 8.55. The Morgan fingerprint density at radius 2 is 1.78 bits per heavy atom. The van der Waals surface area contributed by atoms with Crippen molar-refractivity contribution in [3.63, 3.8) is 0 Å². The number of ether oxygens (including phenoxy) is 1. The average Bonchev–Trinajstić information content (AvgIpc) is 2.67. The van der Waals surface area contributed by atoms with Gasteiger partial charge in [-0.2, -0.15) is 13.2 Å². The van der Waals surface area contributed by atoms with E-state index in [9.17, 15) is 13.2 Å². The molecule has 0 aromatic heterocycles. The van der Waals surface area contributed by atoms with Gasteiger partial charge in [0, 0.05) is 31.0 Å². The Morgan fingerprint density at radius 3 is 2.44 bits per heavy atom. The number of thiocarbonyl (C=S) groups is 1. The third-order valence-electron chi connectivity index (χ3n) is 4.21. The number of halogens is 3. The zero-order valence-corrected chi connectivity index (χ0v) is 15.4. The van der Waals surface area contributed by atoms with Crippen molar-refractivity contribution in [2.45, 2.75) is 12.7 Å². The Labute approximate surface area is 161 Å². The Morgan fingerprint density at radius 1 is 1.07 bits per heavy atom. The van der Waals surface area contributed by atoms with E-state index in [0.717, 1.165) is 49.7 Å². The fraction of sp³-hybridized carbons (Fsp3) is 0.316. The van der Waals surface area contributed by atoms with Gasteiger partial charge >= 0.3 is 6.18 Å². The Balaban J connectivity index is 1.52. The van der Waals surface area contributed by atoms with Gasteiger partial charge in [0.05, 0.1) is 18.8 Å². The van der Waals surface area contributed by atoms with Crippen LogP contribution in [-0.2, 0) is 17.5 Å². The molecular formula is C19H20F3N3OS. The zero-order valence-electron chi connectivity index (χ0n) is 14.6. The second-order valence-electron chi connectivity index (χ2n) is 6.15. The van der Waals surface area contributed by atoms with Gasteiger partial charge in [-0.05, 0) is 48.1 Å². The van der Waals surface area contributed by atoms with Gasteiger partial charge in [-0.1, -0.05) is 18.2 Å². The molecule has 0 saturated carbocycles. The molecule has 2 N–H and O–H groups in total. The standard InChI is InChI=1S/C19H20F3N3OS/c20-19(21,22)15-2-1-3-16(12-15)24-18(27)23-13-14-4-6-17(7-5-14)25-8-10-26-11-9-25/h1-7,12H,8-11,13H2,(H2,23,24,27). The molecule has 0 radical (unpaired) electrons. The van der Waals surface area contributed by atoms with Crippen molar-refractivity contribution in [3.8, 4) is 0 Å². The highest BCUT2D eigenvalue weighted by atomic mass is 32.1. The minimum atomic E-state index is -4.38. The molecule has 1 fully saturated rings. The molecule has 0 atom stereocenters. The zero-order chi connectivity index (χ0) is 19.3. The summed E-state index contributed by atoms with van der Waals surface area (Å²) in [7, 11) is 0. The van der Waals surface area contributed by atoms with Crippen molar-refractivity contribution in [2.75, 3.05) is 36.5 Å². The average molecular weight is 395 g/mol. The van der Waals surface area contributed by atoms with E-state index in [-0.39, 0.29) is 5.11 Å². The highest BCUT2D eigenvalue weighted by Crippen LogP contribution is 2.30. The Kier molecular flexibility index (Phi) is 6.18. The molecule has 0 unspecified atom stereocenters. The monoisotopic (exact) mass is 395 g/mol. The number of rotatable bonds is 4. The molecule has 0 aliphatic carbocycles. The van der Waals surface area contributed by atoms with Crippen LogP contribution in [0.1, 0.15) is 11.1 Å². The number of anilines is 2. The summed E-state index contributed by atoms with van der Waals surface area (Å²) in [5, 5.41) is 6.07. The first kappa shape index (κ1) is 19.4. The van der Waals surface area contributed by atoms with E-state index in [1.807, 2.05) is 24.3 Å². The van der Waals surface area contributed by atoms with Crippen molar-refractivity contribution in [2.24, 2.45) is 0 Å². The lowest BCUT2D eigenvalue weighted by Gasteiger charge is -2.28. The molecule has 1 saturated heterocycles. The van der Waals surface area contributed by atoms with Crippen molar-refractivity contribution in [1.82, 2.24) is 5.32 Å². The van der Waals surface area contributed by atoms with Gasteiger partial charge in [0.1, 0.15) is 0 Å². The molecule has 144 valence electrons. The summed E-state index contributed by atoms with van der Waals surface area (Å²) in [4.78, 5) is 2.26. The lowest BCUT2D eigenvalue weighted by molar-refractivity contribution is -0.137. The van der Waals surface area contributed by atoms with E-state index >= 15 is 0 Å². The van der Waals surface area contributed by atoms with E-state index < -0.39 is 11.7 Å². The second kappa shape index (κ2) is 8.58. The maximum Gasteiger partial charge on any atom is 0.416 e. The summed E-state index contributed by atoms with van der Waals surface area (Å²) in [5.41, 5.74) is 1.76. The van der Waals surface area contributed by atoms with Crippen molar-refractivity contribution >= 4 is 28.7 Å². The van der Waals surface area contributed by atoms with Crippen LogP contribution in [0.2, 0.25) is 0 Å². The van der Waals surface area contributed by atoms with Crippen LogP contribution in [-0.4, -0.2) is 31.4 Å². The van der Waals surface area contributed by atoms with Crippen LogP contribution in [0.5, 0.6) is 0 Å². The van der Waals surface area contributed by atoms with Gasteiger partial charge in [0.15, 0.2) is 5.11 Å². The van der Waals surface area contributed by atoms with E-state index in [4.69, 9.17) is 17.0 Å². The van der Waals surface area contributed by atoms with Crippen LogP contribution < -0.4 is 15.5 Å². The molecule has 2 aromatic carbocycles. The van der Waals surface area contributed by atoms with Crippen molar-refractivity contribution < 1.29 is 17.9 Å². The topological polar surface area (TPSA) is 36.5 Å². The van der Waals surface area contributed by atoms with E-state index in [1.165, 1.54) is 6.07 Å². The number of benzene rings is 2. The fourth-order valence-corrected chi connectivity index (χ4v) is 2.97. The van der Waals surface area contributed by atoms with Gasteiger partial charge in [-0.3, -0.25) is 0 Å². The minimum Gasteiger partial charge on any atom is -0.378 e. The molecule has 1 heterocycles. The molecule has 4 nitrogen and oxygen atoms in total. The Bertz CT molecular complexity index is 775. The van der Waals surface area contributed by atoms with Crippen LogP contribution in [0.4, 0.5) is 24.5 Å². The van der Waals surface area contributed by atoms with Crippen LogP contribution in [0.15, 0.2) is 48.5 Å². The predicted molar refractivity (Wildman–Crippen MR) is 104 cm³/mol. The van der Waals surface area contributed by atoms with E-state index in [1.54, 1.807) is 6.07 Å². The van der Waals surface area contributed by atoms with Crippen LogP contribution >= 0.6 is 12.2 Å². The van der Waals surface area contributed by atoms with Gasteiger partial charge < -0.3 is 20.3 Å². The highest BCUT2D eigenvalue weighted by Gasteiger charge is 2.30. The molecule has 3 rings (SSSR count). The maximum absolute atomic E-state index is 12.8. The molecule has 1 aliphatic heterocycles. The summed E-state index contributed by atoms with van der Waals surface area (Å²) in [6, 6.07) is 13.0. The number of alkyl halides is 3. The molecule has 1 aliphatic rings. The number of nitrogens with zero attached hydrogens (tertiary/aromatic N) is 1. The summed E-state index contributed by atoms with van der Waals surface area (Å²) in [5.74, 6) is 0. The molecular weight excluding hydrogens is 375 g/mol. The quantitative estimate of drug-likeness (QED) is 0.765. The molecule has 0 spiro atoms. The van der Waals surface area contributed by atoms with Gasteiger partial charge in [-0.25, -0.2) is 0 Å². The third kappa shape index (κ3) is 5.58. The minimum absolute atomic E-state index is 0.270. The van der Waals surface area contributed by atoms with Crippen LogP contribution in [0, 0.1) is 0 Å². The number of hydrogen-bond acceptors (Lipinski definition) is 3. The molecule has 0 bridgehead atoms. The molecule has 0 amide bonds. The summed E-state index contributed by atoms with van der Waals surface area (Å²) in [6.45, 7) is 3.71. The summed E-state index contributed by atoms with van der Waals surface area (Å²) >= 11 is 5.17. The molecule has 2 aromatic rings. The third-order valence-corrected chi connectivity index (χ3v) is 4.46. The second-order valence-corrected chi connectivity index (χ2v) is 6.56. The van der Waals surface area contributed by atoms with Crippen molar-refractivity contribution in [3.05, 3.63) is 59.7 Å². The lowest BCUT2D eigenvalue weighted by Crippen LogP contribution is -2.36. The maximum atomic E-state index is 12.8. The van der Waals surface area contributed by atoms with Crippen molar-refractivity contribution in [1.29, 1.82) is 0 Å². The van der Waals surface area contributed by atoms with Gasteiger partial charge in [-0.15, -0.1) is 0 Å². The highest BCUT2D eigenvalue weighted by molar-refractivity contribution is 7.80.